The average molecular weight is 507 g/mol. The molecule has 2 aromatic rings. The summed E-state index contributed by atoms with van der Waals surface area (Å²) >= 11 is 0. The van der Waals surface area contributed by atoms with E-state index >= 15 is 0 Å². The van der Waals surface area contributed by atoms with Crippen LogP contribution in [0.3, 0.4) is 0 Å². The minimum atomic E-state index is -4.61. The Balaban J connectivity index is 2.29. The predicted molar refractivity (Wildman–Crippen MR) is 144 cm³/mol. The van der Waals surface area contributed by atoms with Crippen LogP contribution in [0.1, 0.15) is 46.5 Å². The Kier molecular flexibility index (Phi) is 10.2. The first kappa shape index (κ1) is 28.9. The summed E-state index contributed by atoms with van der Waals surface area (Å²) in [5, 5.41) is 15.9. The lowest BCUT2D eigenvalue weighted by molar-refractivity contribution is -0.138. The molecule has 5 nitrogen and oxygen atoms in total. The van der Waals surface area contributed by atoms with E-state index in [9.17, 15) is 18.0 Å². The molecule has 0 atom stereocenters. The molecular formula is C29H29F3N4O. The second-order valence-corrected chi connectivity index (χ2v) is 8.14. The highest BCUT2D eigenvalue weighted by molar-refractivity contribution is 6.04. The summed E-state index contributed by atoms with van der Waals surface area (Å²) in [5.74, 6) is 5.52. The van der Waals surface area contributed by atoms with Gasteiger partial charge in [-0.3, -0.25) is 9.80 Å². The quantitative estimate of drug-likeness (QED) is 0.180. The summed E-state index contributed by atoms with van der Waals surface area (Å²) in [5.41, 5.74) is 1.56. The van der Waals surface area contributed by atoms with E-state index in [2.05, 4.69) is 28.8 Å². The van der Waals surface area contributed by atoms with Crippen LogP contribution >= 0.6 is 0 Å². The van der Waals surface area contributed by atoms with Gasteiger partial charge in [0.25, 0.3) is 5.91 Å². The predicted octanol–water partition coefficient (Wildman–Crippen LogP) is 6.76. The lowest BCUT2D eigenvalue weighted by atomic mass is 10.0. The van der Waals surface area contributed by atoms with Gasteiger partial charge in [-0.2, -0.15) is 18.3 Å². The maximum atomic E-state index is 13.6. The smallest absolute Gasteiger partial charge is 0.322 e. The third-order valence-electron chi connectivity index (χ3n) is 5.15. The fourth-order valence-corrected chi connectivity index (χ4v) is 3.26. The number of hydrogen-bond donors (Lipinski definition) is 2. The van der Waals surface area contributed by atoms with E-state index in [0.29, 0.717) is 11.3 Å². The molecule has 0 aliphatic carbocycles. The number of benzene rings is 2. The summed E-state index contributed by atoms with van der Waals surface area (Å²) < 4.78 is 40.7. The Bertz CT molecular complexity index is 1320. The summed E-state index contributed by atoms with van der Waals surface area (Å²) in [4.78, 5) is 12.8. The van der Waals surface area contributed by atoms with Gasteiger partial charge in [-0.05, 0) is 68.2 Å². The van der Waals surface area contributed by atoms with Gasteiger partial charge in [0.1, 0.15) is 5.70 Å². The molecule has 1 amide bonds. The number of alkyl halides is 3. The molecule has 0 fully saturated rings. The lowest BCUT2D eigenvalue weighted by Crippen LogP contribution is -2.15. The van der Waals surface area contributed by atoms with Crippen LogP contribution in [-0.4, -0.2) is 29.9 Å². The number of nitrogens with zero attached hydrogens (tertiary/aromatic N) is 2. The number of hydrogen-bond acceptors (Lipinski definition) is 4. The molecule has 8 heteroatoms. The normalized spacial score (nSPS) is 11.8. The van der Waals surface area contributed by atoms with Crippen molar-refractivity contribution >= 4 is 23.5 Å². The summed E-state index contributed by atoms with van der Waals surface area (Å²) in [6.07, 6.45) is 3.79. The van der Waals surface area contributed by atoms with Gasteiger partial charge in [0, 0.05) is 42.2 Å². The van der Waals surface area contributed by atoms with Crippen LogP contribution in [0.25, 0.3) is 0 Å². The molecule has 0 unspecified atom stereocenters. The number of rotatable bonds is 8. The van der Waals surface area contributed by atoms with Crippen molar-refractivity contribution in [1.29, 1.82) is 5.41 Å². The molecule has 2 N–H and O–H groups in total. The SMILES string of the molecule is C=C/C=C\C=N/N(C)/C(C#Cc1cc(C(=O)Nc2ccc(CC(C)=N)c(C(F)(F)F)c2)ccc1C)=C\C. The topological polar surface area (TPSA) is 68.6 Å². The third-order valence-corrected chi connectivity index (χ3v) is 5.15. The van der Waals surface area contributed by atoms with Crippen molar-refractivity contribution in [2.75, 3.05) is 12.4 Å². The number of aryl methyl sites for hydroxylation is 1. The van der Waals surface area contributed by atoms with Crippen LogP contribution in [0.4, 0.5) is 18.9 Å². The first-order chi connectivity index (χ1) is 17.5. The van der Waals surface area contributed by atoms with E-state index in [1.807, 2.05) is 13.8 Å². The van der Waals surface area contributed by atoms with Gasteiger partial charge >= 0.3 is 6.18 Å². The van der Waals surface area contributed by atoms with Crippen LogP contribution in [0.2, 0.25) is 0 Å². The van der Waals surface area contributed by atoms with Crippen molar-refractivity contribution in [3.05, 3.63) is 101 Å². The fourth-order valence-electron chi connectivity index (χ4n) is 3.26. The Morgan fingerprint density at radius 1 is 1.22 bits per heavy atom. The van der Waals surface area contributed by atoms with E-state index in [1.54, 1.807) is 60.8 Å². The van der Waals surface area contributed by atoms with Crippen molar-refractivity contribution in [2.24, 2.45) is 5.10 Å². The zero-order chi connectivity index (χ0) is 27.6. The molecule has 0 saturated heterocycles. The van der Waals surface area contributed by atoms with E-state index < -0.39 is 17.6 Å². The van der Waals surface area contributed by atoms with Crippen molar-refractivity contribution < 1.29 is 18.0 Å². The molecule has 0 aliphatic heterocycles. The van der Waals surface area contributed by atoms with E-state index in [4.69, 9.17) is 5.41 Å². The first-order valence-electron chi connectivity index (χ1n) is 11.4. The van der Waals surface area contributed by atoms with Gasteiger partial charge in [-0.1, -0.05) is 42.9 Å². The highest BCUT2D eigenvalue weighted by Gasteiger charge is 2.33. The minimum Gasteiger partial charge on any atom is -0.322 e. The number of carbonyl (C=O) groups excluding carboxylic acids is 1. The number of hydrazone groups is 1. The standard InChI is InChI=1S/C29H29F3N4O/c1-6-8-9-16-34-36(5)26(7-2)15-13-22-18-24(11-10-20(22)3)28(37)35-25-14-12-23(17-21(4)33)27(19-25)29(30,31)32/h6-12,14,16,18-19,33H,1,17H2,2-5H3,(H,35,37)/b9-8-,26-7-,33-21?,34-16-. The highest BCUT2D eigenvalue weighted by atomic mass is 19.4. The van der Waals surface area contributed by atoms with Crippen molar-refractivity contribution in [3.8, 4) is 11.8 Å². The molecule has 0 bridgehead atoms. The number of allylic oxidation sites excluding steroid dienone is 5. The largest absolute Gasteiger partial charge is 0.416 e. The van der Waals surface area contributed by atoms with Gasteiger partial charge in [0.2, 0.25) is 0 Å². The number of anilines is 1. The van der Waals surface area contributed by atoms with Crippen molar-refractivity contribution in [2.45, 2.75) is 33.4 Å². The van der Waals surface area contributed by atoms with Crippen LogP contribution in [0.5, 0.6) is 0 Å². The number of amides is 1. The number of nitrogens with one attached hydrogen (secondary N) is 2. The molecule has 2 aromatic carbocycles. The average Bonchev–Trinajstić information content (AvgIpc) is 2.83. The first-order valence-corrected chi connectivity index (χ1v) is 11.4. The number of halogens is 3. The van der Waals surface area contributed by atoms with Gasteiger partial charge in [0.05, 0.1) is 5.56 Å². The Hall–Kier alpha value is -4.38. The van der Waals surface area contributed by atoms with Crippen molar-refractivity contribution in [1.82, 2.24) is 5.01 Å². The maximum absolute atomic E-state index is 13.6. The monoisotopic (exact) mass is 506 g/mol. The summed E-state index contributed by atoms with van der Waals surface area (Å²) in [7, 11) is 1.75. The zero-order valence-corrected chi connectivity index (χ0v) is 21.2. The maximum Gasteiger partial charge on any atom is 0.416 e. The molecule has 192 valence electrons. The van der Waals surface area contributed by atoms with Crippen molar-refractivity contribution in [3.63, 3.8) is 0 Å². The minimum absolute atomic E-state index is 0.0121. The van der Waals surface area contributed by atoms with Crippen LogP contribution < -0.4 is 5.32 Å². The second-order valence-electron chi connectivity index (χ2n) is 8.14. The van der Waals surface area contributed by atoms with E-state index in [-0.39, 0.29) is 28.9 Å². The number of carbonyl (C=O) groups is 1. The van der Waals surface area contributed by atoms with E-state index in [1.165, 1.54) is 19.1 Å². The Labute approximate surface area is 215 Å². The highest BCUT2D eigenvalue weighted by Crippen LogP contribution is 2.34. The third kappa shape index (κ3) is 8.65. The molecule has 0 aromatic heterocycles. The van der Waals surface area contributed by atoms with Crippen LogP contribution in [-0.2, 0) is 12.6 Å². The molecule has 2 rings (SSSR count). The lowest BCUT2D eigenvalue weighted by Gasteiger charge is -2.15. The Morgan fingerprint density at radius 3 is 2.57 bits per heavy atom. The Morgan fingerprint density at radius 2 is 1.95 bits per heavy atom. The second kappa shape index (κ2) is 13.1. The molecule has 37 heavy (non-hydrogen) atoms. The molecule has 0 radical (unpaired) electrons. The zero-order valence-electron chi connectivity index (χ0n) is 21.2. The molecule has 0 saturated carbocycles. The van der Waals surface area contributed by atoms with Crippen LogP contribution in [0, 0.1) is 24.2 Å². The van der Waals surface area contributed by atoms with Gasteiger partial charge in [-0.25, -0.2) is 0 Å². The van der Waals surface area contributed by atoms with E-state index in [0.717, 1.165) is 11.6 Å². The van der Waals surface area contributed by atoms with Crippen LogP contribution in [0.15, 0.2) is 78.1 Å². The van der Waals surface area contributed by atoms with Gasteiger partial charge in [-0.15, -0.1) is 0 Å². The summed E-state index contributed by atoms with van der Waals surface area (Å²) in [6, 6.07) is 8.49. The fraction of sp³-hybridized carbons (Fsp3) is 0.207. The molecule has 0 spiro atoms. The van der Waals surface area contributed by atoms with Gasteiger partial charge < -0.3 is 10.7 Å². The summed E-state index contributed by atoms with van der Waals surface area (Å²) in [6.45, 7) is 8.72. The molecule has 0 aliphatic rings. The molecule has 0 heterocycles. The van der Waals surface area contributed by atoms with Gasteiger partial charge in [0.15, 0.2) is 0 Å². The molecular weight excluding hydrogens is 477 g/mol.